The lowest BCUT2D eigenvalue weighted by Crippen LogP contribution is -2.46. The van der Waals surface area contributed by atoms with Gasteiger partial charge in [-0.1, -0.05) is 6.92 Å². The molecule has 0 aliphatic carbocycles. The van der Waals surface area contributed by atoms with Crippen LogP contribution in [0.1, 0.15) is 53.4 Å². The zero-order chi connectivity index (χ0) is 18.9. The van der Waals surface area contributed by atoms with E-state index in [1.165, 1.54) is 0 Å². The van der Waals surface area contributed by atoms with Crippen molar-refractivity contribution in [3.8, 4) is 0 Å². The van der Waals surface area contributed by atoms with E-state index in [4.69, 9.17) is 18.9 Å². The second kappa shape index (κ2) is 7.23. The topological polar surface area (TPSA) is 98.4 Å². The second-order valence-electron chi connectivity index (χ2n) is 8.62. The van der Waals surface area contributed by atoms with Gasteiger partial charge in [-0.05, 0) is 52.4 Å². The number of carbonyl (C=O) groups is 2. The van der Waals surface area contributed by atoms with Gasteiger partial charge in [0.1, 0.15) is 17.9 Å². The van der Waals surface area contributed by atoms with Crippen LogP contribution in [0, 0.1) is 5.92 Å². The predicted octanol–water partition coefficient (Wildman–Crippen LogP) is 2.31. The van der Waals surface area contributed by atoms with Gasteiger partial charge < -0.3 is 24.3 Å². The number of ether oxygens (including phenoxy) is 4. The highest BCUT2D eigenvalue weighted by molar-refractivity contribution is 5.68. The standard InChI is InChI=1S/C18H30N2O6/c1-11-8-18(10-24-18)20-12(11)6-5-7-13(14-9-23-16(22)25-14)19-15(21)26-17(2,3)4/h11-14,20H,5-10H2,1-4H3,(H,19,21). The molecule has 8 nitrogen and oxygen atoms in total. The van der Waals surface area contributed by atoms with Gasteiger partial charge in [-0.2, -0.15) is 0 Å². The van der Waals surface area contributed by atoms with Crippen molar-refractivity contribution in [2.75, 3.05) is 13.2 Å². The van der Waals surface area contributed by atoms with E-state index in [1.807, 2.05) is 20.8 Å². The second-order valence-corrected chi connectivity index (χ2v) is 8.62. The average molecular weight is 370 g/mol. The Bertz CT molecular complexity index is 542. The van der Waals surface area contributed by atoms with Gasteiger partial charge in [0.2, 0.25) is 0 Å². The van der Waals surface area contributed by atoms with Crippen molar-refractivity contribution in [3.63, 3.8) is 0 Å². The molecule has 8 heteroatoms. The van der Waals surface area contributed by atoms with Crippen molar-refractivity contribution >= 4 is 12.2 Å². The van der Waals surface area contributed by atoms with Crippen LogP contribution in [0.4, 0.5) is 9.59 Å². The van der Waals surface area contributed by atoms with Crippen LogP contribution >= 0.6 is 0 Å². The number of alkyl carbamates (subject to hydrolysis) is 1. The maximum absolute atomic E-state index is 12.1. The third-order valence-corrected chi connectivity index (χ3v) is 5.07. The monoisotopic (exact) mass is 370 g/mol. The van der Waals surface area contributed by atoms with E-state index in [-0.39, 0.29) is 18.4 Å². The van der Waals surface area contributed by atoms with Crippen LogP contribution in [-0.2, 0) is 18.9 Å². The summed E-state index contributed by atoms with van der Waals surface area (Å²) >= 11 is 0. The molecule has 3 aliphatic heterocycles. The lowest BCUT2D eigenvalue weighted by molar-refractivity contribution is 0.0427. The minimum Gasteiger partial charge on any atom is -0.444 e. The summed E-state index contributed by atoms with van der Waals surface area (Å²) in [5.41, 5.74) is -0.660. The Balaban J connectivity index is 1.50. The van der Waals surface area contributed by atoms with Crippen molar-refractivity contribution in [2.24, 2.45) is 5.92 Å². The summed E-state index contributed by atoms with van der Waals surface area (Å²) in [5, 5.41) is 6.41. The molecule has 3 heterocycles. The van der Waals surface area contributed by atoms with E-state index in [2.05, 4.69) is 17.6 Å². The molecule has 2 N–H and O–H groups in total. The summed E-state index contributed by atoms with van der Waals surface area (Å²) in [6.45, 7) is 8.60. The number of carbonyl (C=O) groups excluding carboxylic acids is 2. The summed E-state index contributed by atoms with van der Waals surface area (Å²) in [6, 6.07) is 0.0706. The molecule has 0 saturated carbocycles. The minimum absolute atomic E-state index is 0.0763. The highest BCUT2D eigenvalue weighted by Crippen LogP contribution is 2.40. The van der Waals surface area contributed by atoms with Crippen LogP contribution < -0.4 is 10.6 Å². The van der Waals surface area contributed by atoms with Crippen molar-refractivity contribution < 1.29 is 28.5 Å². The lowest BCUT2D eigenvalue weighted by Gasteiger charge is -2.26. The fourth-order valence-electron chi connectivity index (χ4n) is 3.75. The van der Waals surface area contributed by atoms with Gasteiger partial charge in [0.05, 0.1) is 12.6 Å². The molecule has 3 aliphatic rings. The molecule has 3 saturated heterocycles. The number of nitrogens with one attached hydrogen (secondary N) is 2. The highest BCUT2D eigenvalue weighted by atomic mass is 16.8. The van der Waals surface area contributed by atoms with Gasteiger partial charge in [-0.25, -0.2) is 9.59 Å². The largest absolute Gasteiger partial charge is 0.508 e. The van der Waals surface area contributed by atoms with Gasteiger partial charge in [-0.15, -0.1) is 0 Å². The van der Waals surface area contributed by atoms with Gasteiger partial charge >= 0.3 is 12.2 Å². The molecule has 0 bridgehead atoms. The molecule has 1 spiro atoms. The SMILES string of the molecule is CC1CC2(CO2)NC1CCCC(NC(=O)OC(C)(C)C)C1COC(=O)O1. The maximum atomic E-state index is 12.1. The molecule has 3 rings (SSSR count). The Morgan fingerprint density at radius 2 is 2.19 bits per heavy atom. The van der Waals surface area contributed by atoms with Crippen LogP contribution in [0.25, 0.3) is 0 Å². The Hall–Kier alpha value is -1.54. The van der Waals surface area contributed by atoms with Crippen molar-refractivity contribution in [1.29, 1.82) is 0 Å². The van der Waals surface area contributed by atoms with E-state index in [1.54, 1.807) is 0 Å². The molecule has 148 valence electrons. The quantitative estimate of drug-likeness (QED) is 0.547. The lowest BCUT2D eigenvalue weighted by atomic mass is 9.95. The fraction of sp³-hybridized carbons (Fsp3) is 0.889. The summed E-state index contributed by atoms with van der Waals surface area (Å²) in [5.74, 6) is 0.558. The predicted molar refractivity (Wildman–Crippen MR) is 92.6 cm³/mol. The molecule has 0 aromatic heterocycles. The third kappa shape index (κ3) is 5.01. The number of rotatable bonds is 6. The smallest absolute Gasteiger partial charge is 0.444 e. The first kappa shape index (κ1) is 19.2. The zero-order valence-electron chi connectivity index (χ0n) is 16.0. The van der Waals surface area contributed by atoms with Gasteiger partial charge in [-0.3, -0.25) is 5.32 Å². The number of hydrogen-bond donors (Lipinski definition) is 2. The summed E-state index contributed by atoms with van der Waals surface area (Å²) in [6.07, 6.45) is 1.90. The molecule has 0 aromatic carbocycles. The van der Waals surface area contributed by atoms with Crippen molar-refractivity contribution in [1.82, 2.24) is 10.6 Å². The number of hydrogen-bond acceptors (Lipinski definition) is 7. The Kier molecular flexibility index (Phi) is 5.35. The molecule has 5 atom stereocenters. The van der Waals surface area contributed by atoms with Crippen LogP contribution in [0.3, 0.4) is 0 Å². The Labute approximate surface area is 154 Å². The summed E-state index contributed by atoms with van der Waals surface area (Å²) in [7, 11) is 0. The Morgan fingerprint density at radius 1 is 1.46 bits per heavy atom. The molecule has 3 fully saturated rings. The summed E-state index contributed by atoms with van der Waals surface area (Å²) in [4.78, 5) is 23.4. The Morgan fingerprint density at radius 3 is 2.73 bits per heavy atom. The van der Waals surface area contributed by atoms with E-state index in [0.29, 0.717) is 18.4 Å². The first-order valence-electron chi connectivity index (χ1n) is 9.40. The van der Waals surface area contributed by atoms with E-state index < -0.39 is 24.0 Å². The number of amides is 1. The molecule has 0 radical (unpaired) electrons. The van der Waals surface area contributed by atoms with Gasteiger partial charge in [0.15, 0.2) is 6.10 Å². The number of epoxide rings is 1. The highest BCUT2D eigenvalue weighted by Gasteiger charge is 2.52. The van der Waals surface area contributed by atoms with Crippen LogP contribution in [-0.4, -0.2) is 55.0 Å². The first-order valence-corrected chi connectivity index (χ1v) is 9.40. The van der Waals surface area contributed by atoms with Crippen molar-refractivity contribution in [3.05, 3.63) is 0 Å². The molecule has 0 aromatic rings. The molecule has 1 amide bonds. The summed E-state index contributed by atoms with van der Waals surface area (Å²) < 4.78 is 20.9. The molecular weight excluding hydrogens is 340 g/mol. The molecule has 26 heavy (non-hydrogen) atoms. The normalized spacial score (nSPS) is 34.3. The minimum atomic E-state index is -0.690. The van der Waals surface area contributed by atoms with Gasteiger partial charge in [0, 0.05) is 6.04 Å². The zero-order valence-corrected chi connectivity index (χ0v) is 16.0. The van der Waals surface area contributed by atoms with Crippen LogP contribution in [0.15, 0.2) is 0 Å². The third-order valence-electron chi connectivity index (χ3n) is 5.07. The van der Waals surface area contributed by atoms with Crippen molar-refractivity contribution in [2.45, 2.75) is 82.9 Å². The van der Waals surface area contributed by atoms with E-state index in [0.717, 1.165) is 25.9 Å². The number of cyclic esters (lactones) is 2. The average Bonchev–Trinajstić information content (AvgIpc) is 2.98. The van der Waals surface area contributed by atoms with Gasteiger partial charge in [0.25, 0.3) is 0 Å². The van der Waals surface area contributed by atoms with Crippen LogP contribution in [0.2, 0.25) is 0 Å². The fourth-order valence-corrected chi connectivity index (χ4v) is 3.75. The maximum Gasteiger partial charge on any atom is 0.508 e. The van der Waals surface area contributed by atoms with Crippen LogP contribution in [0.5, 0.6) is 0 Å². The molecule has 5 unspecified atom stereocenters. The van der Waals surface area contributed by atoms with E-state index >= 15 is 0 Å². The first-order chi connectivity index (χ1) is 12.2. The van der Waals surface area contributed by atoms with E-state index in [9.17, 15) is 9.59 Å². The molecular formula is C18H30N2O6.